The topological polar surface area (TPSA) is 20.3 Å². The van der Waals surface area contributed by atoms with Gasteiger partial charge in [-0.1, -0.05) is 26.0 Å². The van der Waals surface area contributed by atoms with Crippen LogP contribution in [0.2, 0.25) is 0 Å². The van der Waals surface area contributed by atoms with Crippen molar-refractivity contribution in [1.82, 2.24) is 4.90 Å². The molecule has 1 amide bonds. The lowest BCUT2D eigenvalue weighted by molar-refractivity contribution is 0.0683. The zero-order valence-electron chi connectivity index (χ0n) is 10.8. The molecular formula is C15H21NO. The van der Waals surface area contributed by atoms with Gasteiger partial charge in [0.2, 0.25) is 0 Å². The van der Waals surface area contributed by atoms with Crippen LogP contribution >= 0.6 is 0 Å². The summed E-state index contributed by atoms with van der Waals surface area (Å²) >= 11 is 0. The molecular weight excluding hydrogens is 210 g/mol. The van der Waals surface area contributed by atoms with E-state index in [0.717, 1.165) is 31.5 Å². The van der Waals surface area contributed by atoms with E-state index in [9.17, 15) is 4.79 Å². The zero-order valence-corrected chi connectivity index (χ0v) is 10.8. The lowest BCUT2D eigenvalue weighted by Gasteiger charge is -2.31. The maximum absolute atomic E-state index is 12.3. The lowest BCUT2D eigenvalue weighted by atomic mass is 9.99. The summed E-state index contributed by atoms with van der Waals surface area (Å²) in [6, 6.07) is 8.03. The van der Waals surface area contributed by atoms with Crippen LogP contribution in [0.3, 0.4) is 0 Å². The molecule has 0 aliphatic carbocycles. The van der Waals surface area contributed by atoms with Crippen LogP contribution in [0.15, 0.2) is 24.3 Å². The number of piperidine rings is 1. The summed E-state index contributed by atoms with van der Waals surface area (Å²) in [5.41, 5.74) is 2.12. The Kier molecular flexibility index (Phi) is 3.82. The summed E-state index contributed by atoms with van der Waals surface area (Å²) < 4.78 is 0. The maximum atomic E-state index is 12.3. The highest BCUT2D eigenvalue weighted by atomic mass is 16.2. The van der Waals surface area contributed by atoms with Gasteiger partial charge in [-0.3, -0.25) is 4.79 Å². The minimum atomic E-state index is 0.194. The van der Waals surface area contributed by atoms with Gasteiger partial charge in [0.15, 0.2) is 0 Å². The molecule has 17 heavy (non-hydrogen) atoms. The van der Waals surface area contributed by atoms with E-state index in [4.69, 9.17) is 0 Å². The maximum Gasteiger partial charge on any atom is 0.253 e. The summed E-state index contributed by atoms with van der Waals surface area (Å²) in [5, 5.41) is 0. The molecule has 1 heterocycles. The van der Waals surface area contributed by atoms with E-state index in [1.165, 1.54) is 12.0 Å². The van der Waals surface area contributed by atoms with E-state index < -0.39 is 0 Å². The SMILES string of the molecule is CCc1ccc(C(=O)N2CCCC(C)C2)cc1. The largest absolute Gasteiger partial charge is 0.338 e. The molecule has 1 aliphatic rings. The van der Waals surface area contributed by atoms with Crippen LogP contribution in [0.5, 0.6) is 0 Å². The van der Waals surface area contributed by atoms with Gasteiger partial charge in [-0.05, 0) is 42.9 Å². The van der Waals surface area contributed by atoms with Crippen LogP contribution in [0, 0.1) is 5.92 Å². The Morgan fingerprint density at radius 1 is 1.35 bits per heavy atom. The fraction of sp³-hybridized carbons (Fsp3) is 0.533. The molecule has 0 spiro atoms. The van der Waals surface area contributed by atoms with E-state index in [-0.39, 0.29) is 5.91 Å². The second-order valence-corrected chi connectivity index (χ2v) is 5.05. The van der Waals surface area contributed by atoms with Crippen LogP contribution in [0.1, 0.15) is 42.6 Å². The summed E-state index contributed by atoms with van der Waals surface area (Å²) in [6.45, 7) is 6.18. The predicted molar refractivity (Wildman–Crippen MR) is 70.1 cm³/mol. The van der Waals surface area contributed by atoms with Gasteiger partial charge in [0, 0.05) is 18.7 Å². The molecule has 0 radical (unpaired) electrons. The van der Waals surface area contributed by atoms with Gasteiger partial charge in [0.25, 0.3) is 5.91 Å². The number of carbonyl (C=O) groups is 1. The van der Waals surface area contributed by atoms with Crippen LogP contribution in [-0.4, -0.2) is 23.9 Å². The highest BCUT2D eigenvalue weighted by Gasteiger charge is 2.21. The van der Waals surface area contributed by atoms with E-state index in [1.54, 1.807) is 0 Å². The van der Waals surface area contributed by atoms with Gasteiger partial charge >= 0.3 is 0 Å². The first-order chi connectivity index (χ1) is 8.20. The van der Waals surface area contributed by atoms with Crippen molar-refractivity contribution in [2.45, 2.75) is 33.1 Å². The Morgan fingerprint density at radius 2 is 2.06 bits per heavy atom. The smallest absolute Gasteiger partial charge is 0.253 e. The number of hydrogen-bond donors (Lipinski definition) is 0. The van der Waals surface area contributed by atoms with Gasteiger partial charge < -0.3 is 4.90 Å². The fourth-order valence-corrected chi connectivity index (χ4v) is 2.44. The molecule has 2 heteroatoms. The molecule has 1 fully saturated rings. The first kappa shape index (κ1) is 12.2. The summed E-state index contributed by atoms with van der Waals surface area (Å²) in [6.07, 6.45) is 3.41. The Balaban J connectivity index is 2.07. The molecule has 1 saturated heterocycles. The number of rotatable bonds is 2. The molecule has 92 valence electrons. The zero-order chi connectivity index (χ0) is 12.3. The Morgan fingerprint density at radius 3 is 2.65 bits per heavy atom. The third-order valence-corrected chi connectivity index (χ3v) is 3.55. The van der Waals surface area contributed by atoms with E-state index in [2.05, 4.69) is 26.0 Å². The van der Waals surface area contributed by atoms with Gasteiger partial charge in [0.05, 0.1) is 0 Å². The van der Waals surface area contributed by atoms with Crippen molar-refractivity contribution in [1.29, 1.82) is 0 Å². The minimum absolute atomic E-state index is 0.194. The van der Waals surface area contributed by atoms with Crippen molar-refractivity contribution in [2.24, 2.45) is 5.92 Å². The van der Waals surface area contributed by atoms with E-state index >= 15 is 0 Å². The lowest BCUT2D eigenvalue weighted by Crippen LogP contribution is -2.39. The Bertz CT molecular complexity index is 382. The Hall–Kier alpha value is -1.31. The molecule has 0 N–H and O–H groups in total. The van der Waals surface area contributed by atoms with E-state index in [0.29, 0.717) is 5.92 Å². The highest BCUT2D eigenvalue weighted by molar-refractivity contribution is 5.94. The molecule has 2 rings (SSSR count). The van der Waals surface area contributed by atoms with Crippen LogP contribution in [0.25, 0.3) is 0 Å². The van der Waals surface area contributed by atoms with Crippen molar-refractivity contribution in [3.05, 3.63) is 35.4 Å². The first-order valence-corrected chi connectivity index (χ1v) is 6.59. The van der Waals surface area contributed by atoms with Gasteiger partial charge in [-0.2, -0.15) is 0 Å². The summed E-state index contributed by atoms with van der Waals surface area (Å²) in [7, 11) is 0. The molecule has 1 atom stereocenters. The van der Waals surface area contributed by atoms with Gasteiger partial charge in [0.1, 0.15) is 0 Å². The second kappa shape index (κ2) is 5.35. The first-order valence-electron chi connectivity index (χ1n) is 6.59. The van der Waals surface area contributed by atoms with Crippen molar-refractivity contribution in [3.63, 3.8) is 0 Å². The third-order valence-electron chi connectivity index (χ3n) is 3.55. The summed E-state index contributed by atoms with van der Waals surface area (Å²) in [4.78, 5) is 14.3. The molecule has 1 aliphatic heterocycles. The van der Waals surface area contributed by atoms with Crippen LogP contribution in [-0.2, 0) is 6.42 Å². The monoisotopic (exact) mass is 231 g/mol. The number of hydrogen-bond acceptors (Lipinski definition) is 1. The van der Waals surface area contributed by atoms with Gasteiger partial charge in [-0.25, -0.2) is 0 Å². The van der Waals surface area contributed by atoms with Gasteiger partial charge in [-0.15, -0.1) is 0 Å². The van der Waals surface area contributed by atoms with Crippen LogP contribution in [0.4, 0.5) is 0 Å². The van der Waals surface area contributed by atoms with Crippen molar-refractivity contribution >= 4 is 5.91 Å². The predicted octanol–water partition coefficient (Wildman–Crippen LogP) is 3.12. The summed E-state index contributed by atoms with van der Waals surface area (Å²) in [5.74, 6) is 0.835. The molecule has 0 bridgehead atoms. The molecule has 1 aromatic rings. The Labute approximate surface area is 104 Å². The number of aryl methyl sites for hydroxylation is 1. The number of amides is 1. The number of benzene rings is 1. The molecule has 1 unspecified atom stereocenters. The van der Waals surface area contributed by atoms with Crippen molar-refractivity contribution in [2.75, 3.05) is 13.1 Å². The minimum Gasteiger partial charge on any atom is -0.338 e. The van der Waals surface area contributed by atoms with Crippen LogP contribution < -0.4 is 0 Å². The van der Waals surface area contributed by atoms with Crippen molar-refractivity contribution in [3.8, 4) is 0 Å². The number of likely N-dealkylation sites (tertiary alicyclic amines) is 1. The highest BCUT2D eigenvalue weighted by Crippen LogP contribution is 2.18. The van der Waals surface area contributed by atoms with E-state index in [1.807, 2.05) is 17.0 Å². The molecule has 2 nitrogen and oxygen atoms in total. The third kappa shape index (κ3) is 2.87. The normalized spacial score (nSPS) is 20.4. The molecule has 0 aromatic heterocycles. The fourth-order valence-electron chi connectivity index (χ4n) is 2.44. The van der Waals surface area contributed by atoms with Crippen molar-refractivity contribution < 1.29 is 4.79 Å². The second-order valence-electron chi connectivity index (χ2n) is 5.05. The average molecular weight is 231 g/mol. The number of nitrogens with zero attached hydrogens (tertiary/aromatic N) is 1. The standard InChI is InChI=1S/C15H21NO/c1-3-13-6-8-14(9-7-13)15(17)16-10-4-5-12(2)11-16/h6-9,12H,3-5,10-11H2,1-2H3. The molecule has 0 saturated carbocycles. The molecule has 1 aromatic carbocycles. The average Bonchev–Trinajstić information content (AvgIpc) is 2.38. The number of carbonyl (C=O) groups excluding carboxylic acids is 1. The quantitative estimate of drug-likeness (QED) is 0.765.